The second kappa shape index (κ2) is 4.63. The van der Waals surface area contributed by atoms with Gasteiger partial charge in [-0.15, -0.1) is 0 Å². The molecule has 0 unspecified atom stereocenters. The van der Waals surface area contributed by atoms with Crippen LogP contribution in [0.4, 0.5) is 0 Å². The predicted molar refractivity (Wildman–Crippen MR) is 67.9 cm³/mol. The predicted octanol–water partition coefficient (Wildman–Crippen LogP) is 3.00. The van der Waals surface area contributed by atoms with E-state index in [4.69, 9.17) is 9.22 Å². The van der Waals surface area contributed by atoms with Crippen LogP contribution in [0.2, 0.25) is 32.7 Å². The smallest absolute Gasteiger partial charge is 0.330 e. The summed E-state index contributed by atoms with van der Waals surface area (Å²) in [5, 5.41) is 9.86. The van der Waals surface area contributed by atoms with Crippen molar-refractivity contribution < 1.29 is 14.0 Å². The molecule has 0 bridgehead atoms. The first kappa shape index (κ1) is 14.6. The maximum Gasteiger partial charge on any atom is 0.330 e. The van der Waals surface area contributed by atoms with E-state index in [1.54, 1.807) is 6.92 Å². The quantitative estimate of drug-likeness (QED) is 0.613. The van der Waals surface area contributed by atoms with Crippen LogP contribution in [-0.4, -0.2) is 27.7 Å². The molecule has 0 aromatic heterocycles. The molecule has 0 amide bonds. The lowest BCUT2D eigenvalue weighted by Gasteiger charge is -2.32. The summed E-state index contributed by atoms with van der Waals surface area (Å²) in [5.74, 6) is -0.841. The van der Waals surface area contributed by atoms with Crippen molar-refractivity contribution in [2.24, 2.45) is 0 Å². The molecule has 0 aliphatic heterocycles. The van der Waals surface area contributed by atoms with Crippen LogP contribution in [0.3, 0.4) is 0 Å². The molecule has 0 rings (SSSR count). The van der Waals surface area contributed by atoms with Crippen LogP contribution in [0.5, 0.6) is 0 Å². The third-order valence-electron chi connectivity index (χ3n) is 2.35. The normalized spacial score (nSPS) is 14.9. The van der Waals surface area contributed by atoms with Gasteiger partial charge in [0.1, 0.15) is 0 Å². The summed E-state index contributed by atoms with van der Waals surface area (Å²) < 4.78 is 6.11. The van der Waals surface area contributed by atoms with Crippen LogP contribution in [-0.2, 0) is 8.91 Å². The zero-order chi connectivity index (χ0) is 12.4. The Kier molecular flexibility index (Phi) is 4.51. The highest BCUT2D eigenvalue weighted by Crippen LogP contribution is 2.23. The first-order valence-corrected chi connectivity index (χ1v) is 11.4. The highest BCUT2D eigenvalue weighted by atomic mass is 28.4. The highest BCUT2D eigenvalue weighted by Gasteiger charge is 2.33. The topological polar surface area (TPSA) is 46.5 Å². The zero-order valence-electron chi connectivity index (χ0n) is 10.8. The second-order valence-electron chi connectivity index (χ2n) is 5.28. The van der Waals surface area contributed by atoms with Gasteiger partial charge >= 0.3 is 5.97 Å². The SMILES string of the molecule is C/C(C(=O)O)=C(/C)[Si](C)(C)O[Si](C)(C)C. The van der Waals surface area contributed by atoms with Gasteiger partial charge in [-0.05, 0) is 51.8 Å². The number of carboxylic acids is 1. The molecule has 0 aromatic rings. The average molecular weight is 246 g/mol. The maximum atomic E-state index is 10.9. The Hall–Kier alpha value is -0.396. The summed E-state index contributed by atoms with van der Waals surface area (Å²) in [6, 6.07) is 0. The highest BCUT2D eigenvalue weighted by molar-refractivity contribution is 6.88. The molecule has 88 valence electrons. The van der Waals surface area contributed by atoms with E-state index in [2.05, 4.69) is 32.7 Å². The molecule has 1 N–H and O–H groups in total. The van der Waals surface area contributed by atoms with Gasteiger partial charge in [-0.3, -0.25) is 0 Å². The van der Waals surface area contributed by atoms with Crippen molar-refractivity contribution in [3.8, 4) is 0 Å². The third kappa shape index (κ3) is 4.77. The Morgan fingerprint density at radius 1 is 1.07 bits per heavy atom. The van der Waals surface area contributed by atoms with Gasteiger partial charge in [-0.1, -0.05) is 0 Å². The molecule has 0 aromatic carbocycles. The molecule has 15 heavy (non-hydrogen) atoms. The van der Waals surface area contributed by atoms with E-state index in [0.717, 1.165) is 5.20 Å². The molecular formula is C10H22O3Si2. The number of rotatable bonds is 4. The lowest BCUT2D eigenvalue weighted by molar-refractivity contribution is -0.132. The fourth-order valence-corrected chi connectivity index (χ4v) is 9.20. The number of hydrogen-bond donors (Lipinski definition) is 1. The van der Waals surface area contributed by atoms with E-state index in [1.807, 2.05) is 6.92 Å². The summed E-state index contributed by atoms with van der Waals surface area (Å²) in [5.41, 5.74) is 0.435. The molecule has 0 saturated carbocycles. The average Bonchev–Trinajstić information content (AvgIpc) is 1.96. The van der Waals surface area contributed by atoms with Crippen LogP contribution in [0.25, 0.3) is 0 Å². The van der Waals surface area contributed by atoms with Crippen molar-refractivity contribution in [3.05, 3.63) is 10.8 Å². The van der Waals surface area contributed by atoms with Crippen molar-refractivity contribution >= 4 is 22.6 Å². The van der Waals surface area contributed by atoms with E-state index >= 15 is 0 Å². The largest absolute Gasteiger partial charge is 0.478 e. The minimum atomic E-state index is -2.01. The summed E-state index contributed by atoms with van der Waals surface area (Å²) in [7, 11) is -3.61. The van der Waals surface area contributed by atoms with Crippen LogP contribution in [0, 0.1) is 0 Å². The molecule has 0 aliphatic carbocycles. The van der Waals surface area contributed by atoms with Crippen LogP contribution < -0.4 is 0 Å². The number of aliphatic carboxylic acids is 1. The van der Waals surface area contributed by atoms with Gasteiger partial charge in [0, 0.05) is 5.57 Å². The van der Waals surface area contributed by atoms with Crippen molar-refractivity contribution in [3.63, 3.8) is 0 Å². The summed E-state index contributed by atoms with van der Waals surface area (Å²) in [6.07, 6.45) is 0. The molecule has 0 aliphatic rings. The molecule has 3 nitrogen and oxygen atoms in total. The van der Waals surface area contributed by atoms with E-state index in [9.17, 15) is 4.79 Å². The standard InChI is InChI=1S/C10H22O3Si2/c1-8(10(11)12)9(2)15(6,7)13-14(3,4)5/h1-7H3,(H,11,12)/b9-8+. The van der Waals surface area contributed by atoms with Crippen molar-refractivity contribution in [2.75, 3.05) is 0 Å². The number of carbonyl (C=O) groups is 1. The van der Waals surface area contributed by atoms with Crippen LogP contribution >= 0.6 is 0 Å². The number of carboxylic acid groups (broad SMARTS) is 1. The Morgan fingerprint density at radius 3 is 1.73 bits per heavy atom. The fourth-order valence-electron chi connectivity index (χ4n) is 1.45. The number of hydrogen-bond acceptors (Lipinski definition) is 2. The van der Waals surface area contributed by atoms with Gasteiger partial charge in [-0.25, -0.2) is 4.79 Å². The first-order chi connectivity index (χ1) is 6.47. The zero-order valence-corrected chi connectivity index (χ0v) is 12.8. The van der Waals surface area contributed by atoms with Crippen LogP contribution in [0.1, 0.15) is 13.8 Å². The molecule has 0 heterocycles. The lowest BCUT2D eigenvalue weighted by Crippen LogP contribution is -2.44. The molecule has 0 spiro atoms. The van der Waals surface area contributed by atoms with E-state index < -0.39 is 22.6 Å². The summed E-state index contributed by atoms with van der Waals surface area (Å²) in [4.78, 5) is 10.9. The van der Waals surface area contributed by atoms with Crippen LogP contribution in [0.15, 0.2) is 10.8 Å². The van der Waals surface area contributed by atoms with E-state index in [1.165, 1.54) is 0 Å². The Morgan fingerprint density at radius 2 is 1.47 bits per heavy atom. The van der Waals surface area contributed by atoms with E-state index in [-0.39, 0.29) is 0 Å². The van der Waals surface area contributed by atoms with Gasteiger partial charge in [0.2, 0.25) is 8.32 Å². The molecule has 0 radical (unpaired) electrons. The van der Waals surface area contributed by atoms with Gasteiger partial charge in [0.25, 0.3) is 0 Å². The van der Waals surface area contributed by atoms with Gasteiger partial charge in [0.05, 0.1) is 0 Å². The minimum Gasteiger partial charge on any atom is -0.478 e. The molecule has 0 fully saturated rings. The van der Waals surface area contributed by atoms with Gasteiger partial charge < -0.3 is 9.22 Å². The Labute approximate surface area is 94.4 Å². The molecule has 5 heteroatoms. The molecular weight excluding hydrogens is 224 g/mol. The lowest BCUT2D eigenvalue weighted by atomic mass is 10.3. The maximum absolute atomic E-state index is 10.9. The second-order valence-corrected chi connectivity index (χ2v) is 14.1. The van der Waals surface area contributed by atoms with E-state index in [0.29, 0.717) is 5.57 Å². The minimum absolute atomic E-state index is 0.435. The number of allylic oxidation sites excluding steroid dienone is 1. The first-order valence-electron chi connectivity index (χ1n) is 5.09. The summed E-state index contributed by atoms with van der Waals surface area (Å²) >= 11 is 0. The van der Waals surface area contributed by atoms with Crippen molar-refractivity contribution in [1.82, 2.24) is 0 Å². The Balaban J connectivity index is 5.04. The van der Waals surface area contributed by atoms with Crippen molar-refractivity contribution in [2.45, 2.75) is 46.6 Å². The molecule has 0 atom stereocenters. The fraction of sp³-hybridized carbons (Fsp3) is 0.700. The van der Waals surface area contributed by atoms with Gasteiger partial charge in [0.15, 0.2) is 8.32 Å². The van der Waals surface area contributed by atoms with Crippen molar-refractivity contribution in [1.29, 1.82) is 0 Å². The third-order valence-corrected chi connectivity index (χ3v) is 9.02. The monoisotopic (exact) mass is 246 g/mol. The Bertz CT molecular complexity index is 288. The molecule has 0 saturated heterocycles. The van der Waals surface area contributed by atoms with Gasteiger partial charge in [-0.2, -0.15) is 0 Å². The summed E-state index contributed by atoms with van der Waals surface area (Å²) in [6.45, 7) is 14.1.